The zero-order valence-corrected chi connectivity index (χ0v) is 17.5. The van der Waals surface area contributed by atoms with E-state index in [1.807, 2.05) is 36.4 Å². The molecule has 5 aliphatic rings. The van der Waals surface area contributed by atoms with E-state index in [1.54, 1.807) is 30.3 Å². The lowest BCUT2D eigenvalue weighted by Crippen LogP contribution is -2.70. The minimum Gasteiger partial charge on any atom is -0.451 e. The van der Waals surface area contributed by atoms with Crippen LogP contribution >= 0.6 is 0 Å². The van der Waals surface area contributed by atoms with E-state index in [2.05, 4.69) is 0 Å². The van der Waals surface area contributed by atoms with Gasteiger partial charge in [-0.3, -0.25) is 19.2 Å². The van der Waals surface area contributed by atoms with Crippen molar-refractivity contribution in [3.63, 3.8) is 0 Å². The molecule has 0 N–H and O–H groups in total. The smallest absolute Gasteiger partial charge is 0.303 e. The molecule has 32 heavy (non-hydrogen) atoms. The fourth-order valence-electron chi connectivity index (χ4n) is 6.61. The Hall–Kier alpha value is -3.54. The van der Waals surface area contributed by atoms with E-state index in [0.717, 1.165) is 11.1 Å². The average Bonchev–Trinajstić information content (AvgIpc) is 3.03. The van der Waals surface area contributed by atoms with Crippen molar-refractivity contribution in [2.45, 2.75) is 30.8 Å². The fourth-order valence-corrected chi connectivity index (χ4v) is 6.61. The third-order valence-electron chi connectivity index (χ3n) is 7.70. The van der Waals surface area contributed by atoms with Crippen molar-refractivity contribution in [2.24, 2.45) is 17.8 Å². The predicted molar refractivity (Wildman–Crippen MR) is 114 cm³/mol. The van der Waals surface area contributed by atoms with Gasteiger partial charge in [-0.15, -0.1) is 0 Å². The molecule has 6 nitrogen and oxygen atoms in total. The first-order valence-corrected chi connectivity index (χ1v) is 10.9. The SMILES string of the molecule is CC(=O)OC12CCc3ccccc3C34C(=O)N(c5ccccc5)C(=O)C3C1C=CC4C2=O. The number of amides is 2. The fraction of sp³-hybridized carbons (Fsp3) is 0.308. The summed E-state index contributed by atoms with van der Waals surface area (Å²) in [6, 6.07) is 16.4. The van der Waals surface area contributed by atoms with Gasteiger partial charge in [-0.1, -0.05) is 54.6 Å². The van der Waals surface area contributed by atoms with Crippen LogP contribution in [0.15, 0.2) is 66.7 Å². The monoisotopic (exact) mass is 427 g/mol. The van der Waals surface area contributed by atoms with Crippen LogP contribution in [0.1, 0.15) is 24.5 Å². The normalized spacial score (nSPS) is 34.2. The van der Waals surface area contributed by atoms with Crippen molar-refractivity contribution in [3.8, 4) is 0 Å². The molecule has 1 saturated heterocycles. The van der Waals surface area contributed by atoms with Crippen LogP contribution in [0.2, 0.25) is 0 Å². The first-order valence-electron chi connectivity index (χ1n) is 10.9. The highest BCUT2D eigenvalue weighted by molar-refractivity contribution is 6.29. The molecule has 0 aromatic heterocycles. The van der Waals surface area contributed by atoms with E-state index in [9.17, 15) is 19.2 Å². The van der Waals surface area contributed by atoms with Crippen molar-refractivity contribution >= 4 is 29.3 Å². The summed E-state index contributed by atoms with van der Waals surface area (Å²) in [6.07, 6.45) is 4.35. The number of carbonyl (C=O) groups excluding carboxylic acids is 4. The Labute approximate surface area is 184 Å². The summed E-state index contributed by atoms with van der Waals surface area (Å²) in [6.45, 7) is 1.28. The minimum absolute atomic E-state index is 0.276. The van der Waals surface area contributed by atoms with Gasteiger partial charge in [-0.2, -0.15) is 0 Å². The Morgan fingerprint density at radius 3 is 2.47 bits per heavy atom. The number of ketones is 1. The molecule has 0 spiro atoms. The third-order valence-corrected chi connectivity index (χ3v) is 7.70. The zero-order chi connectivity index (χ0) is 22.3. The number of Topliss-reactive ketones (excluding diaryl/α,β-unsaturated/α-hetero) is 1. The Bertz CT molecular complexity index is 1230. The van der Waals surface area contributed by atoms with Gasteiger partial charge in [0, 0.05) is 12.8 Å². The second-order valence-electron chi connectivity index (χ2n) is 9.05. The maximum absolute atomic E-state index is 14.2. The van der Waals surface area contributed by atoms with Crippen LogP contribution in [0.25, 0.3) is 0 Å². The lowest BCUT2D eigenvalue weighted by molar-refractivity contribution is -0.188. The van der Waals surface area contributed by atoms with E-state index in [4.69, 9.17) is 4.74 Å². The summed E-state index contributed by atoms with van der Waals surface area (Å²) < 4.78 is 5.77. The molecule has 2 fully saturated rings. The van der Waals surface area contributed by atoms with Crippen LogP contribution in [0.3, 0.4) is 0 Å². The van der Waals surface area contributed by atoms with Crippen LogP contribution in [0, 0.1) is 17.8 Å². The molecule has 0 radical (unpaired) electrons. The molecule has 4 aliphatic carbocycles. The standard InChI is InChI=1S/C26H21NO5/c1-15(28)32-25-14-13-16-7-5-6-10-18(16)26-20(22(25)29)12-11-19(25)21(26)23(30)27(24(26)31)17-8-3-2-4-9-17/h2-12,19-21H,13-14H2,1H3. The summed E-state index contributed by atoms with van der Waals surface area (Å²) >= 11 is 0. The number of hydrogen-bond acceptors (Lipinski definition) is 5. The number of aryl methyl sites for hydroxylation is 1. The molecule has 5 unspecified atom stereocenters. The number of anilines is 1. The average molecular weight is 427 g/mol. The number of nitrogens with zero attached hydrogens (tertiary/aromatic N) is 1. The van der Waals surface area contributed by atoms with E-state index >= 15 is 0 Å². The van der Waals surface area contributed by atoms with Crippen LogP contribution < -0.4 is 4.90 Å². The number of benzene rings is 2. The largest absolute Gasteiger partial charge is 0.451 e. The van der Waals surface area contributed by atoms with E-state index < -0.39 is 34.7 Å². The van der Waals surface area contributed by atoms with Gasteiger partial charge < -0.3 is 4.74 Å². The second-order valence-corrected chi connectivity index (χ2v) is 9.05. The Morgan fingerprint density at radius 2 is 1.72 bits per heavy atom. The maximum Gasteiger partial charge on any atom is 0.303 e. The quantitative estimate of drug-likeness (QED) is 0.418. The number of ether oxygens (including phenoxy) is 1. The van der Waals surface area contributed by atoms with Gasteiger partial charge in [0.05, 0.1) is 17.5 Å². The second kappa shape index (κ2) is 6.25. The molecule has 2 aromatic carbocycles. The number of carbonyl (C=O) groups is 4. The van der Waals surface area contributed by atoms with Crippen molar-refractivity contribution in [2.75, 3.05) is 4.90 Å². The van der Waals surface area contributed by atoms with Crippen LogP contribution in [0.5, 0.6) is 0 Å². The molecular formula is C26H21NO5. The van der Waals surface area contributed by atoms with Gasteiger partial charge in [-0.25, -0.2) is 4.90 Å². The zero-order valence-electron chi connectivity index (χ0n) is 17.5. The highest BCUT2D eigenvalue weighted by atomic mass is 16.6. The minimum atomic E-state index is -1.43. The molecule has 160 valence electrons. The lowest BCUT2D eigenvalue weighted by atomic mass is 9.44. The molecule has 6 heteroatoms. The summed E-state index contributed by atoms with van der Waals surface area (Å²) in [5.74, 6) is -3.94. The third kappa shape index (κ3) is 2.05. The topological polar surface area (TPSA) is 80.8 Å². The van der Waals surface area contributed by atoms with E-state index in [-0.39, 0.29) is 24.0 Å². The Balaban J connectivity index is 1.68. The van der Waals surface area contributed by atoms with Gasteiger partial charge in [-0.05, 0) is 36.1 Å². The van der Waals surface area contributed by atoms with Gasteiger partial charge in [0.15, 0.2) is 11.4 Å². The van der Waals surface area contributed by atoms with Crippen LogP contribution in [-0.2, 0) is 35.8 Å². The summed E-state index contributed by atoms with van der Waals surface area (Å²) in [5, 5.41) is 0. The molecule has 1 heterocycles. The van der Waals surface area contributed by atoms with E-state index in [1.165, 1.54) is 11.8 Å². The lowest BCUT2D eigenvalue weighted by Gasteiger charge is -2.57. The number of imide groups is 1. The molecule has 4 bridgehead atoms. The van der Waals surface area contributed by atoms with Gasteiger partial charge in [0.25, 0.3) is 0 Å². The molecular weight excluding hydrogens is 406 g/mol. The van der Waals surface area contributed by atoms with Gasteiger partial charge in [0.1, 0.15) is 5.41 Å². The summed E-state index contributed by atoms with van der Waals surface area (Å²) in [4.78, 5) is 55.4. The molecule has 7 rings (SSSR count). The number of para-hydroxylation sites is 1. The van der Waals surface area contributed by atoms with Crippen molar-refractivity contribution in [1.82, 2.24) is 0 Å². The van der Waals surface area contributed by atoms with Gasteiger partial charge >= 0.3 is 5.97 Å². The number of esters is 1. The van der Waals surface area contributed by atoms with Crippen LogP contribution in [-0.4, -0.2) is 29.2 Å². The van der Waals surface area contributed by atoms with Crippen LogP contribution in [0.4, 0.5) is 5.69 Å². The maximum atomic E-state index is 14.2. The summed E-state index contributed by atoms with van der Waals surface area (Å²) in [7, 11) is 0. The summed E-state index contributed by atoms with van der Waals surface area (Å²) in [5.41, 5.74) is -0.625. The highest BCUT2D eigenvalue weighted by Gasteiger charge is 2.77. The van der Waals surface area contributed by atoms with E-state index in [0.29, 0.717) is 12.1 Å². The van der Waals surface area contributed by atoms with Gasteiger partial charge in [0.2, 0.25) is 11.8 Å². The first kappa shape index (κ1) is 19.2. The number of fused-ring (bicyclic) bond motifs is 1. The first-order chi connectivity index (χ1) is 15.4. The van der Waals surface area contributed by atoms with Crippen molar-refractivity contribution in [3.05, 3.63) is 77.9 Å². The van der Waals surface area contributed by atoms with Crippen molar-refractivity contribution < 1.29 is 23.9 Å². The van der Waals surface area contributed by atoms with Crippen molar-refractivity contribution in [1.29, 1.82) is 0 Å². The molecule has 2 amide bonds. The Morgan fingerprint density at radius 1 is 1.00 bits per heavy atom. The highest BCUT2D eigenvalue weighted by Crippen LogP contribution is 2.64. The molecule has 1 aliphatic heterocycles. The molecule has 5 atom stereocenters. The number of hydrogen-bond donors (Lipinski definition) is 0. The number of rotatable bonds is 2. The molecule has 2 aromatic rings. The Kier molecular flexibility index (Phi) is 3.74. The molecule has 1 saturated carbocycles. The predicted octanol–water partition coefficient (Wildman–Crippen LogP) is 2.75. The number of allylic oxidation sites excluding steroid dienone is 1.